The van der Waals surface area contributed by atoms with Gasteiger partial charge in [0.15, 0.2) is 0 Å². The maximum absolute atomic E-state index is 2.34. The molecular weight excluding hydrogens is 1590 g/mol. The molecule has 0 fully saturated rings. The highest BCUT2D eigenvalue weighted by molar-refractivity contribution is 5.94. The van der Waals surface area contributed by atoms with E-state index in [1.807, 2.05) is 0 Å². The largest absolute Gasteiger partial charge is 0.0718 e. The maximum atomic E-state index is 2.34. The molecule has 0 N–H and O–H groups in total. The zero-order valence-electron chi connectivity index (χ0n) is 80.1. The van der Waals surface area contributed by atoms with E-state index in [2.05, 4.69) is 525 Å². The van der Waals surface area contributed by atoms with Crippen LogP contribution in [0, 0.1) is 83.1 Å². The van der Waals surface area contributed by atoms with Crippen molar-refractivity contribution in [2.24, 2.45) is 0 Å². The number of hydrogen-bond donors (Lipinski definition) is 0. The first-order valence-corrected chi connectivity index (χ1v) is 47.4. The van der Waals surface area contributed by atoms with E-state index < -0.39 is 0 Å². The Kier molecular flexibility index (Phi) is 22.7. The summed E-state index contributed by atoms with van der Waals surface area (Å²) in [5, 5.41) is 0. The van der Waals surface area contributed by atoms with Crippen LogP contribution in [0.15, 0.2) is 400 Å². The van der Waals surface area contributed by atoms with Crippen molar-refractivity contribution in [3.05, 3.63) is 567 Å². The summed E-state index contributed by atoms with van der Waals surface area (Å²) in [5.41, 5.74) is 58.3. The van der Waals surface area contributed by atoms with Crippen molar-refractivity contribution < 1.29 is 0 Å². The van der Waals surface area contributed by atoms with Crippen LogP contribution in [0.3, 0.4) is 0 Å². The molecule has 6 aliphatic rings. The molecule has 0 nitrogen and oxygen atoms in total. The Morgan fingerprint density at radius 2 is 0.356 bits per heavy atom. The van der Waals surface area contributed by atoms with Crippen LogP contribution in [0.2, 0.25) is 0 Å². The van der Waals surface area contributed by atoms with Crippen LogP contribution < -0.4 is 0 Å². The summed E-state index contributed by atoms with van der Waals surface area (Å²) < 4.78 is 0. The fourth-order valence-electron chi connectivity index (χ4n) is 24.8. The van der Waals surface area contributed by atoms with Crippen LogP contribution in [0.5, 0.6) is 0 Å². The third kappa shape index (κ3) is 13.8. The van der Waals surface area contributed by atoms with E-state index in [-0.39, 0.29) is 32.5 Å². The summed E-state index contributed by atoms with van der Waals surface area (Å²) in [6.07, 6.45) is 0. The van der Waals surface area contributed by atoms with E-state index >= 15 is 0 Å². The van der Waals surface area contributed by atoms with Crippen molar-refractivity contribution in [2.75, 3.05) is 0 Å². The Morgan fingerprint density at radius 1 is 0.136 bits per heavy atom. The van der Waals surface area contributed by atoms with E-state index in [1.54, 1.807) is 0 Å². The zero-order chi connectivity index (χ0) is 91.9. The third-order valence-electron chi connectivity index (χ3n) is 30.3. The van der Waals surface area contributed by atoms with Crippen molar-refractivity contribution in [3.63, 3.8) is 0 Å². The standard InChI is InChI=1S/3C27H22.3C17H18/c1-19-11-10-18-24-25(19)23-17-9-12-20(2)26(23)27(24,21-13-5-3-6-14-21)22-15-7-4-8-16-22;1-19-11-9-17-23-25(19)26-20(2)12-10-18-24(26)27(23,21-13-5-3-6-14-21)22-15-7-4-8-16-22;1-19-11-9-17-23-24-18-10-12-20(2)26(24)27(25(19)23,21-13-5-3-6-14-21)22-15-7-4-8-16-22;1-11-7-6-10-14-15(11)13-9-5-8-12(2)16(13)17(14,3)4;1-11-7-5-9-13-15(11)16-12(2)8-6-10-14(16)17(13,3)4;1-11-8-9-13-14-7-5-6-12(2)16(14)17(3,4)15(13)10-11/h3*3-18H,1-2H3;3*5-10H,1-4H3. The van der Waals surface area contributed by atoms with Crippen molar-refractivity contribution in [3.8, 4) is 66.8 Å². The lowest BCUT2D eigenvalue weighted by Gasteiger charge is -2.35. The van der Waals surface area contributed by atoms with Gasteiger partial charge in [-0.15, -0.1) is 0 Å². The fourth-order valence-corrected chi connectivity index (χ4v) is 24.8. The quantitative estimate of drug-likeness (QED) is 0.156. The highest BCUT2D eigenvalue weighted by Gasteiger charge is 2.51. The fraction of sp³-hybridized carbons (Fsp3) is 0.182. The summed E-state index contributed by atoms with van der Waals surface area (Å²) in [4.78, 5) is 0. The normalized spacial score (nSPS) is 14.5. The van der Waals surface area contributed by atoms with Crippen LogP contribution in [0.25, 0.3) is 66.8 Å². The monoisotopic (exact) mass is 1700 g/mol. The molecule has 0 saturated carbocycles. The van der Waals surface area contributed by atoms with Crippen molar-refractivity contribution in [1.29, 1.82) is 0 Å². The molecular formula is C132H120. The lowest BCUT2D eigenvalue weighted by molar-refractivity contribution is 0.655. The van der Waals surface area contributed by atoms with Gasteiger partial charge in [-0.1, -0.05) is 447 Å². The summed E-state index contributed by atoms with van der Waals surface area (Å²) in [5.74, 6) is 0. The molecule has 648 valence electrons. The van der Waals surface area contributed by atoms with Gasteiger partial charge in [0.25, 0.3) is 0 Å². The molecule has 18 aromatic rings. The molecule has 0 radical (unpaired) electrons. The van der Waals surface area contributed by atoms with Gasteiger partial charge in [0.05, 0.1) is 16.2 Å². The van der Waals surface area contributed by atoms with Gasteiger partial charge in [-0.3, -0.25) is 0 Å². The molecule has 0 saturated heterocycles. The summed E-state index contributed by atoms with van der Waals surface area (Å²) in [6, 6.07) is 146. The first-order valence-electron chi connectivity index (χ1n) is 47.4. The van der Waals surface area contributed by atoms with Crippen LogP contribution in [0.1, 0.15) is 208 Å². The Morgan fingerprint density at radius 3 is 0.705 bits per heavy atom. The smallest absolute Gasteiger partial charge is 0.0622 e. The van der Waals surface area contributed by atoms with Crippen molar-refractivity contribution >= 4 is 0 Å². The second kappa shape index (κ2) is 34.4. The molecule has 0 bridgehead atoms. The Hall–Kier alpha value is -14.0. The van der Waals surface area contributed by atoms with E-state index in [0.717, 1.165) is 0 Å². The topological polar surface area (TPSA) is 0 Å². The second-order valence-electron chi connectivity index (χ2n) is 39.3. The zero-order valence-corrected chi connectivity index (χ0v) is 80.1. The molecule has 0 unspecified atom stereocenters. The van der Waals surface area contributed by atoms with Crippen molar-refractivity contribution in [1.82, 2.24) is 0 Å². The predicted molar refractivity (Wildman–Crippen MR) is 560 cm³/mol. The van der Waals surface area contributed by atoms with Gasteiger partial charge in [0.1, 0.15) is 0 Å². The summed E-state index contributed by atoms with van der Waals surface area (Å²) >= 11 is 0. The van der Waals surface area contributed by atoms with Gasteiger partial charge in [-0.25, -0.2) is 0 Å². The van der Waals surface area contributed by atoms with Crippen molar-refractivity contribution in [2.45, 2.75) is 157 Å². The molecule has 18 aromatic carbocycles. The molecule has 0 atom stereocenters. The van der Waals surface area contributed by atoms with Crippen LogP contribution in [0.4, 0.5) is 0 Å². The Bertz CT molecular complexity index is 7150. The first kappa shape index (κ1) is 87.3. The van der Waals surface area contributed by atoms with Crippen LogP contribution in [-0.2, 0) is 32.5 Å². The van der Waals surface area contributed by atoms with Gasteiger partial charge in [-0.05, 0) is 311 Å². The van der Waals surface area contributed by atoms with E-state index in [4.69, 9.17) is 0 Å². The highest BCUT2D eigenvalue weighted by atomic mass is 14.5. The van der Waals surface area contributed by atoms with Crippen LogP contribution in [-0.4, -0.2) is 0 Å². The lowest BCUT2D eigenvalue weighted by Crippen LogP contribution is -2.30. The molecule has 0 heterocycles. The number of benzene rings is 18. The Labute approximate surface area is 785 Å². The van der Waals surface area contributed by atoms with Crippen LogP contribution >= 0.6 is 0 Å². The summed E-state index contributed by atoms with van der Waals surface area (Å²) in [6.45, 7) is 40.7. The van der Waals surface area contributed by atoms with Gasteiger partial charge in [-0.2, -0.15) is 0 Å². The average molecular weight is 1710 g/mol. The first-order chi connectivity index (χ1) is 63.8. The minimum atomic E-state index is -0.274. The molecule has 0 amide bonds. The van der Waals surface area contributed by atoms with Gasteiger partial charge < -0.3 is 0 Å². The molecule has 0 heteroatoms. The van der Waals surface area contributed by atoms with Gasteiger partial charge in [0.2, 0.25) is 0 Å². The van der Waals surface area contributed by atoms with E-state index in [0.29, 0.717) is 0 Å². The molecule has 0 aliphatic heterocycles. The van der Waals surface area contributed by atoms with Gasteiger partial charge in [0, 0.05) is 16.2 Å². The number of fused-ring (bicyclic) bond motifs is 18. The average Bonchev–Trinajstić information content (AvgIpc) is 1.33. The highest BCUT2D eigenvalue weighted by Crippen LogP contribution is 2.63. The molecule has 0 spiro atoms. The molecule has 132 heavy (non-hydrogen) atoms. The van der Waals surface area contributed by atoms with Gasteiger partial charge >= 0.3 is 0 Å². The molecule has 0 aromatic heterocycles. The Balaban J connectivity index is 0.000000104. The van der Waals surface area contributed by atoms with E-state index in [1.165, 1.54) is 234 Å². The van der Waals surface area contributed by atoms with E-state index in [9.17, 15) is 0 Å². The minimum Gasteiger partial charge on any atom is -0.0622 e. The third-order valence-corrected chi connectivity index (χ3v) is 30.3. The number of hydrogen-bond acceptors (Lipinski definition) is 0. The SMILES string of the molecule is Cc1ccc2c(c1)C(C)(C)c1c(C)cccc1-2.Cc1cccc2c1-c1c(C)cccc1C2(C)C.Cc1cccc2c1-c1c(C)cccc1C2(c1ccccc1)c1ccccc1.Cc1cccc2c1-c1cccc(C)c1C2(C)C.Cc1cccc2c1-c1cccc(C)c1C2(c1ccccc1)c1ccccc1.Cc1cccc2c1C(c1ccccc1)(c1ccccc1)c1c(C)cccc1-2. The summed E-state index contributed by atoms with van der Waals surface area (Å²) in [7, 11) is 0. The maximum Gasteiger partial charge on any atom is 0.0718 e. The second-order valence-corrected chi connectivity index (χ2v) is 39.3. The predicted octanol–water partition coefficient (Wildman–Crippen LogP) is 33.8. The number of aryl methyl sites for hydroxylation is 12. The lowest BCUT2D eigenvalue weighted by atomic mass is 9.66. The minimum absolute atomic E-state index is 0.141. The molecule has 6 aliphatic carbocycles. The molecule has 24 rings (SSSR count). The number of rotatable bonds is 6.